The normalized spacial score (nSPS) is 11.6. The maximum absolute atomic E-state index is 13.1. The molecule has 0 aliphatic rings. The molecule has 28 heavy (non-hydrogen) atoms. The Kier molecular flexibility index (Phi) is 6.91. The quantitative estimate of drug-likeness (QED) is 0.674. The van der Waals surface area contributed by atoms with Gasteiger partial charge in [-0.15, -0.1) is 11.3 Å². The van der Waals surface area contributed by atoms with Crippen LogP contribution in [0.5, 0.6) is 0 Å². The van der Waals surface area contributed by atoms with Gasteiger partial charge >= 0.3 is 0 Å². The van der Waals surface area contributed by atoms with Crippen molar-refractivity contribution in [3.8, 4) is 0 Å². The number of primary amides is 1. The third-order valence-corrected chi connectivity index (χ3v) is 7.13. The van der Waals surface area contributed by atoms with E-state index >= 15 is 0 Å². The van der Waals surface area contributed by atoms with Crippen LogP contribution in [0.25, 0.3) is 0 Å². The number of benzene rings is 1. The Labute approximate surface area is 167 Å². The number of sulfonamides is 1. The second kappa shape index (κ2) is 8.80. The smallest absolute Gasteiger partial charge is 0.251 e. The van der Waals surface area contributed by atoms with Crippen LogP contribution >= 0.6 is 11.3 Å². The highest BCUT2D eigenvalue weighted by Crippen LogP contribution is 2.32. The number of carbonyl (C=O) groups excluding carboxylic acids is 2. The van der Waals surface area contributed by atoms with Crippen molar-refractivity contribution in [3.05, 3.63) is 51.7 Å². The van der Waals surface area contributed by atoms with Gasteiger partial charge in [-0.05, 0) is 44.0 Å². The van der Waals surface area contributed by atoms with E-state index in [2.05, 4.69) is 5.32 Å². The van der Waals surface area contributed by atoms with Crippen LogP contribution in [0.3, 0.4) is 0 Å². The van der Waals surface area contributed by atoms with Gasteiger partial charge in [0.2, 0.25) is 15.9 Å². The lowest BCUT2D eigenvalue weighted by Gasteiger charge is -2.21. The lowest BCUT2D eigenvalue weighted by atomic mass is 10.1. The number of aryl methyl sites for hydroxylation is 1. The standard InChI is InChI=1S/C18H22FN3O4S2/c1-4-28(25,26)22(9-13-5-7-14(19)8-6-13)10-15(23)21-18-16(17(20)24)11(2)12(3)27-18/h5-8H,4,9-10H2,1-3H3,(H2,20,24)(H,21,23). The van der Waals surface area contributed by atoms with E-state index in [1.54, 1.807) is 13.8 Å². The van der Waals surface area contributed by atoms with Crippen LogP contribution in [-0.2, 0) is 21.4 Å². The van der Waals surface area contributed by atoms with Crippen LogP contribution in [0.4, 0.5) is 9.39 Å². The maximum Gasteiger partial charge on any atom is 0.251 e. The van der Waals surface area contributed by atoms with Gasteiger partial charge in [0.1, 0.15) is 10.8 Å². The van der Waals surface area contributed by atoms with E-state index in [-0.39, 0.29) is 17.9 Å². The lowest BCUT2D eigenvalue weighted by molar-refractivity contribution is -0.116. The fourth-order valence-corrected chi connectivity index (χ4v) is 4.67. The summed E-state index contributed by atoms with van der Waals surface area (Å²) in [5.74, 6) is -1.89. The Morgan fingerprint density at radius 2 is 1.82 bits per heavy atom. The molecule has 0 bridgehead atoms. The maximum atomic E-state index is 13.1. The van der Waals surface area contributed by atoms with Gasteiger partial charge in [0.25, 0.3) is 5.91 Å². The van der Waals surface area contributed by atoms with Crippen LogP contribution in [0.1, 0.15) is 33.3 Å². The molecule has 7 nitrogen and oxygen atoms in total. The predicted molar refractivity (Wildman–Crippen MR) is 107 cm³/mol. The monoisotopic (exact) mass is 427 g/mol. The summed E-state index contributed by atoms with van der Waals surface area (Å²) >= 11 is 1.20. The highest BCUT2D eigenvalue weighted by Gasteiger charge is 2.25. The Hall–Kier alpha value is -2.30. The number of rotatable bonds is 8. The number of nitrogens with zero attached hydrogens (tertiary/aromatic N) is 1. The van der Waals surface area contributed by atoms with Crippen molar-refractivity contribution in [1.82, 2.24) is 4.31 Å². The number of nitrogens with one attached hydrogen (secondary N) is 1. The molecule has 0 unspecified atom stereocenters. The molecule has 0 radical (unpaired) electrons. The molecule has 0 saturated carbocycles. The van der Waals surface area contributed by atoms with Crippen molar-refractivity contribution in [1.29, 1.82) is 0 Å². The molecule has 1 heterocycles. The number of nitrogens with two attached hydrogens (primary N) is 1. The molecule has 1 aromatic heterocycles. The van der Waals surface area contributed by atoms with Crippen molar-refractivity contribution in [2.45, 2.75) is 27.3 Å². The fraction of sp³-hybridized carbons (Fsp3) is 0.333. The minimum absolute atomic E-state index is 0.0744. The molecule has 3 N–H and O–H groups in total. The second-order valence-electron chi connectivity index (χ2n) is 6.19. The summed E-state index contributed by atoms with van der Waals surface area (Å²) < 4.78 is 38.9. The van der Waals surface area contributed by atoms with E-state index in [1.165, 1.54) is 42.5 Å². The van der Waals surface area contributed by atoms with Crippen molar-refractivity contribution in [2.75, 3.05) is 17.6 Å². The van der Waals surface area contributed by atoms with Gasteiger partial charge in [-0.2, -0.15) is 4.31 Å². The zero-order valence-corrected chi connectivity index (χ0v) is 17.4. The van der Waals surface area contributed by atoms with Crippen molar-refractivity contribution in [3.63, 3.8) is 0 Å². The molecule has 10 heteroatoms. The Bertz CT molecular complexity index is 985. The molecule has 0 atom stereocenters. The van der Waals surface area contributed by atoms with Gasteiger partial charge in [0.15, 0.2) is 0 Å². The van der Waals surface area contributed by atoms with Crippen LogP contribution < -0.4 is 11.1 Å². The van der Waals surface area contributed by atoms with Gasteiger partial charge in [0, 0.05) is 11.4 Å². The van der Waals surface area contributed by atoms with Crippen LogP contribution in [0.15, 0.2) is 24.3 Å². The first-order valence-corrected chi connectivity index (χ1v) is 10.9. The molecule has 0 spiro atoms. The minimum Gasteiger partial charge on any atom is -0.365 e. The molecule has 0 saturated heterocycles. The summed E-state index contributed by atoms with van der Waals surface area (Å²) in [6.07, 6.45) is 0. The molecule has 2 amide bonds. The number of halogens is 1. The van der Waals surface area contributed by atoms with Crippen molar-refractivity contribution >= 4 is 38.2 Å². The summed E-state index contributed by atoms with van der Waals surface area (Å²) in [5.41, 5.74) is 6.84. The second-order valence-corrected chi connectivity index (χ2v) is 9.68. The molecule has 2 aromatic rings. The number of amides is 2. The van der Waals surface area contributed by atoms with E-state index in [0.717, 1.165) is 9.18 Å². The molecular weight excluding hydrogens is 405 g/mol. The largest absolute Gasteiger partial charge is 0.365 e. The average molecular weight is 428 g/mol. The zero-order chi connectivity index (χ0) is 21.1. The third kappa shape index (κ3) is 5.15. The molecule has 0 aliphatic heterocycles. The highest BCUT2D eigenvalue weighted by atomic mass is 32.2. The SMILES string of the molecule is CCS(=O)(=O)N(CC(=O)Nc1sc(C)c(C)c1C(N)=O)Cc1ccc(F)cc1. The van der Waals surface area contributed by atoms with Gasteiger partial charge in [-0.3, -0.25) is 9.59 Å². The molecule has 2 rings (SSSR count). The highest BCUT2D eigenvalue weighted by molar-refractivity contribution is 7.89. The molecule has 0 aliphatic carbocycles. The topological polar surface area (TPSA) is 110 Å². The molecule has 152 valence electrons. The van der Waals surface area contributed by atoms with E-state index in [1.807, 2.05) is 0 Å². The molecule has 0 fully saturated rings. The average Bonchev–Trinajstić information content (AvgIpc) is 2.89. The van der Waals surface area contributed by atoms with E-state index in [0.29, 0.717) is 16.1 Å². The minimum atomic E-state index is -3.69. The van der Waals surface area contributed by atoms with Gasteiger partial charge < -0.3 is 11.1 Å². The molecule has 1 aromatic carbocycles. The van der Waals surface area contributed by atoms with E-state index < -0.39 is 34.2 Å². The first-order chi connectivity index (χ1) is 13.0. The first-order valence-electron chi connectivity index (χ1n) is 8.47. The predicted octanol–water partition coefficient (Wildman–Crippen LogP) is 2.39. The summed E-state index contributed by atoms with van der Waals surface area (Å²) in [7, 11) is -3.69. The van der Waals surface area contributed by atoms with Crippen molar-refractivity contribution < 1.29 is 22.4 Å². The number of thiophene rings is 1. The zero-order valence-electron chi connectivity index (χ0n) is 15.8. The Balaban J connectivity index is 2.22. The van der Waals surface area contributed by atoms with E-state index in [4.69, 9.17) is 5.73 Å². The summed E-state index contributed by atoms with van der Waals surface area (Å²) in [6.45, 7) is 4.48. The van der Waals surface area contributed by atoms with E-state index in [9.17, 15) is 22.4 Å². The Morgan fingerprint density at radius 1 is 1.21 bits per heavy atom. The summed E-state index contributed by atoms with van der Waals surface area (Å²) in [6, 6.07) is 5.37. The number of anilines is 1. The molecular formula is C18H22FN3O4S2. The lowest BCUT2D eigenvalue weighted by Crippen LogP contribution is -2.38. The third-order valence-electron chi connectivity index (χ3n) is 4.23. The van der Waals surface area contributed by atoms with Crippen LogP contribution in [0, 0.1) is 19.7 Å². The van der Waals surface area contributed by atoms with Gasteiger partial charge in [-0.25, -0.2) is 12.8 Å². The van der Waals surface area contributed by atoms with Crippen LogP contribution in [0.2, 0.25) is 0 Å². The Morgan fingerprint density at radius 3 is 2.36 bits per heavy atom. The first kappa shape index (κ1) is 22.0. The summed E-state index contributed by atoms with van der Waals surface area (Å²) in [4.78, 5) is 25.0. The van der Waals surface area contributed by atoms with Gasteiger partial charge in [0.05, 0.1) is 17.9 Å². The van der Waals surface area contributed by atoms with Gasteiger partial charge in [-0.1, -0.05) is 12.1 Å². The fourth-order valence-electron chi connectivity index (χ4n) is 2.57. The number of hydrogen-bond acceptors (Lipinski definition) is 5. The number of hydrogen-bond donors (Lipinski definition) is 2. The summed E-state index contributed by atoms with van der Waals surface area (Å²) in [5, 5.41) is 2.88. The van der Waals surface area contributed by atoms with Crippen molar-refractivity contribution in [2.24, 2.45) is 5.73 Å². The number of carbonyl (C=O) groups is 2. The van der Waals surface area contributed by atoms with Crippen LogP contribution in [-0.4, -0.2) is 36.8 Å².